The van der Waals surface area contributed by atoms with Crippen LogP contribution in [0.25, 0.3) is 16.9 Å². The van der Waals surface area contributed by atoms with Crippen LogP contribution in [0.15, 0.2) is 51.7 Å². The van der Waals surface area contributed by atoms with E-state index in [0.717, 1.165) is 25.8 Å². The molecule has 0 fully saturated rings. The highest BCUT2D eigenvalue weighted by Crippen LogP contribution is 2.27. The monoisotopic (exact) mass is 441 g/mol. The molecule has 7 heteroatoms. The van der Waals surface area contributed by atoms with Crippen molar-refractivity contribution in [1.29, 1.82) is 0 Å². The molecule has 3 rings (SSSR count). The van der Waals surface area contributed by atoms with Crippen molar-refractivity contribution in [2.45, 2.75) is 0 Å². The van der Waals surface area contributed by atoms with Gasteiger partial charge in [-0.3, -0.25) is 4.79 Å². The van der Waals surface area contributed by atoms with E-state index in [-0.39, 0.29) is 11.8 Å². The highest BCUT2D eigenvalue weighted by atomic mass is 79.9. The van der Waals surface area contributed by atoms with Crippen LogP contribution < -0.4 is 5.32 Å². The second-order valence-corrected chi connectivity index (χ2v) is 6.66. The fourth-order valence-electron chi connectivity index (χ4n) is 2.11. The number of rotatable bonds is 3. The Morgan fingerprint density at radius 2 is 2.09 bits per heavy atom. The molecular formula is C15H10Br2ClN3O. The second-order valence-electron chi connectivity index (χ2n) is 4.63. The van der Waals surface area contributed by atoms with Crippen LogP contribution >= 0.6 is 43.5 Å². The summed E-state index contributed by atoms with van der Waals surface area (Å²) in [6.45, 7) is 0. The minimum absolute atomic E-state index is 0.0699. The quantitative estimate of drug-likeness (QED) is 0.597. The molecule has 0 saturated heterocycles. The lowest BCUT2D eigenvalue weighted by Crippen LogP contribution is -2.12. The third kappa shape index (κ3) is 3.19. The third-order valence-electron chi connectivity index (χ3n) is 3.04. The Bertz CT molecular complexity index is 863. The molecule has 112 valence electrons. The number of nitrogens with one attached hydrogen (secondary N) is 1. The molecule has 0 radical (unpaired) electrons. The summed E-state index contributed by atoms with van der Waals surface area (Å²) in [5, 5.41) is 2.73. The van der Waals surface area contributed by atoms with Gasteiger partial charge in [0.05, 0.1) is 10.2 Å². The molecule has 0 saturated carbocycles. The number of imidazole rings is 1. The number of carbonyl (C=O) groups is 1. The number of fused-ring (bicyclic) bond motifs is 1. The summed E-state index contributed by atoms with van der Waals surface area (Å²) in [5.41, 5.74) is 3.26. The Morgan fingerprint density at radius 3 is 2.86 bits per heavy atom. The Hall–Kier alpha value is -1.37. The Morgan fingerprint density at radius 1 is 1.27 bits per heavy atom. The van der Waals surface area contributed by atoms with Crippen molar-refractivity contribution in [3.8, 4) is 11.3 Å². The number of carbonyl (C=O) groups excluding carboxylic acids is 1. The first-order valence-electron chi connectivity index (χ1n) is 6.37. The minimum atomic E-state index is -0.236. The Kier molecular flexibility index (Phi) is 4.52. The lowest BCUT2D eigenvalue weighted by molar-refractivity contribution is -0.113. The number of nitrogens with zero attached hydrogens (tertiary/aromatic N) is 2. The molecule has 1 amide bonds. The van der Waals surface area contributed by atoms with Gasteiger partial charge in [-0.1, -0.05) is 12.1 Å². The molecule has 0 atom stereocenters. The summed E-state index contributed by atoms with van der Waals surface area (Å²) in [6.07, 6.45) is 3.88. The SMILES string of the molecule is O=C(CCl)Nc1cccc(-c2cn3cc(Br)cc(Br)c3n2)c1. The predicted molar refractivity (Wildman–Crippen MR) is 95.4 cm³/mol. The Labute approximate surface area is 148 Å². The molecule has 22 heavy (non-hydrogen) atoms. The van der Waals surface area contributed by atoms with E-state index in [1.165, 1.54) is 0 Å². The molecule has 0 unspecified atom stereocenters. The second kappa shape index (κ2) is 6.40. The molecule has 0 aliphatic rings. The molecule has 2 heterocycles. The number of anilines is 1. The zero-order valence-electron chi connectivity index (χ0n) is 11.2. The van der Waals surface area contributed by atoms with Gasteiger partial charge >= 0.3 is 0 Å². The predicted octanol–water partition coefficient (Wildman–Crippen LogP) is 4.70. The highest BCUT2D eigenvalue weighted by molar-refractivity contribution is 9.11. The van der Waals surface area contributed by atoms with Crippen LogP contribution in [0.4, 0.5) is 5.69 Å². The van der Waals surface area contributed by atoms with E-state index in [9.17, 15) is 4.79 Å². The lowest BCUT2D eigenvalue weighted by atomic mass is 10.1. The average molecular weight is 444 g/mol. The molecule has 4 nitrogen and oxygen atoms in total. The molecule has 0 aliphatic carbocycles. The molecular weight excluding hydrogens is 433 g/mol. The van der Waals surface area contributed by atoms with Crippen molar-refractivity contribution in [2.24, 2.45) is 0 Å². The van der Waals surface area contributed by atoms with Gasteiger partial charge in [-0.05, 0) is 50.1 Å². The standard InChI is InChI=1S/C15H10Br2ClN3O/c16-10-5-12(17)15-20-13(8-21(15)7-10)9-2-1-3-11(4-9)19-14(22)6-18/h1-5,7-8H,6H2,(H,19,22). The number of hydrogen-bond acceptors (Lipinski definition) is 2. The van der Waals surface area contributed by atoms with Crippen molar-refractivity contribution in [3.05, 3.63) is 51.7 Å². The van der Waals surface area contributed by atoms with Gasteiger partial charge in [0.2, 0.25) is 5.91 Å². The number of aromatic nitrogens is 2. The molecule has 3 aromatic rings. The summed E-state index contributed by atoms with van der Waals surface area (Å²) in [4.78, 5) is 16.0. The van der Waals surface area contributed by atoms with Crippen LogP contribution in [-0.2, 0) is 4.79 Å². The maximum Gasteiger partial charge on any atom is 0.239 e. The van der Waals surface area contributed by atoms with Crippen LogP contribution in [0.1, 0.15) is 0 Å². The van der Waals surface area contributed by atoms with E-state index in [0.29, 0.717) is 5.69 Å². The van der Waals surface area contributed by atoms with Crippen LogP contribution in [0.2, 0.25) is 0 Å². The van der Waals surface area contributed by atoms with E-state index < -0.39 is 0 Å². The number of amides is 1. The number of halogens is 3. The van der Waals surface area contributed by atoms with Gasteiger partial charge in [-0.25, -0.2) is 4.98 Å². The van der Waals surface area contributed by atoms with Gasteiger partial charge in [-0.2, -0.15) is 0 Å². The number of hydrogen-bond donors (Lipinski definition) is 1. The average Bonchev–Trinajstić information content (AvgIpc) is 2.91. The lowest BCUT2D eigenvalue weighted by Gasteiger charge is -2.04. The minimum Gasteiger partial charge on any atom is -0.325 e. The van der Waals surface area contributed by atoms with Crippen molar-refractivity contribution < 1.29 is 4.79 Å². The first-order chi connectivity index (χ1) is 10.6. The van der Waals surface area contributed by atoms with Gasteiger partial charge < -0.3 is 9.72 Å². The summed E-state index contributed by atoms with van der Waals surface area (Å²) in [7, 11) is 0. The van der Waals surface area contributed by atoms with Crippen LogP contribution in [-0.4, -0.2) is 21.2 Å². The summed E-state index contributed by atoms with van der Waals surface area (Å²) in [6, 6.07) is 9.45. The molecule has 1 aromatic carbocycles. The topological polar surface area (TPSA) is 46.4 Å². The van der Waals surface area contributed by atoms with Gasteiger partial charge in [-0.15, -0.1) is 11.6 Å². The van der Waals surface area contributed by atoms with Gasteiger partial charge in [0, 0.05) is 28.1 Å². The smallest absolute Gasteiger partial charge is 0.239 e. The molecule has 1 N–H and O–H groups in total. The molecule has 0 aliphatic heterocycles. The molecule has 0 spiro atoms. The maximum atomic E-state index is 11.4. The normalized spacial score (nSPS) is 10.9. The van der Waals surface area contributed by atoms with Crippen LogP contribution in [0, 0.1) is 0 Å². The van der Waals surface area contributed by atoms with Crippen LogP contribution in [0.5, 0.6) is 0 Å². The first kappa shape index (κ1) is 15.5. The fourth-order valence-corrected chi connectivity index (χ4v) is 3.48. The van der Waals surface area contributed by atoms with Crippen molar-refractivity contribution in [1.82, 2.24) is 9.38 Å². The Balaban J connectivity index is 2.02. The summed E-state index contributed by atoms with van der Waals surface area (Å²) in [5.74, 6) is -0.306. The zero-order valence-corrected chi connectivity index (χ0v) is 15.1. The zero-order chi connectivity index (χ0) is 15.7. The van der Waals surface area contributed by atoms with Crippen LogP contribution in [0.3, 0.4) is 0 Å². The number of benzene rings is 1. The van der Waals surface area contributed by atoms with E-state index >= 15 is 0 Å². The van der Waals surface area contributed by atoms with Gasteiger partial charge in [0.15, 0.2) is 5.65 Å². The third-order valence-corrected chi connectivity index (χ3v) is 4.30. The molecule has 2 aromatic heterocycles. The number of pyridine rings is 1. The van der Waals surface area contributed by atoms with Crippen molar-refractivity contribution >= 4 is 60.7 Å². The van der Waals surface area contributed by atoms with Crippen molar-refractivity contribution in [2.75, 3.05) is 11.2 Å². The maximum absolute atomic E-state index is 11.4. The van der Waals surface area contributed by atoms with Gasteiger partial charge in [0.25, 0.3) is 0 Å². The van der Waals surface area contributed by atoms with E-state index in [2.05, 4.69) is 42.2 Å². The van der Waals surface area contributed by atoms with E-state index in [1.54, 1.807) is 0 Å². The summed E-state index contributed by atoms with van der Waals surface area (Å²) >= 11 is 12.5. The van der Waals surface area contributed by atoms with E-state index in [4.69, 9.17) is 11.6 Å². The largest absolute Gasteiger partial charge is 0.325 e. The van der Waals surface area contributed by atoms with E-state index in [1.807, 2.05) is 47.1 Å². The highest BCUT2D eigenvalue weighted by Gasteiger charge is 2.09. The summed E-state index contributed by atoms with van der Waals surface area (Å²) < 4.78 is 3.80. The van der Waals surface area contributed by atoms with Gasteiger partial charge in [0.1, 0.15) is 5.88 Å². The number of alkyl halides is 1. The fraction of sp³-hybridized carbons (Fsp3) is 0.0667. The first-order valence-corrected chi connectivity index (χ1v) is 8.49. The van der Waals surface area contributed by atoms with Crippen molar-refractivity contribution in [3.63, 3.8) is 0 Å². The molecule has 0 bridgehead atoms.